The van der Waals surface area contributed by atoms with E-state index < -0.39 is 18.1 Å². The van der Waals surface area contributed by atoms with Crippen molar-refractivity contribution in [2.24, 2.45) is 0 Å². The first-order chi connectivity index (χ1) is 7.57. The molecule has 8 heteroatoms. The third-order valence-electron chi connectivity index (χ3n) is 1.13. The molecule has 0 spiro atoms. The molecule has 16 heavy (non-hydrogen) atoms. The van der Waals surface area contributed by atoms with Crippen molar-refractivity contribution in [2.45, 2.75) is 12.0 Å². The number of hydrogen-bond acceptors (Lipinski definition) is 6. The lowest BCUT2D eigenvalue weighted by Gasteiger charge is -2.08. The Morgan fingerprint density at radius 1 is 1.19 bits per heavy atom. The second-order valence-electron chi connectivity index (χ2n) is 2.07. The van der Waals surface area contributed by atoms with Crippen molar-refractivity contribution in [3.63, 3.8) is 0 Å². The molecule has 76 valence electrons. The minimum absolute atomic E-state index is 1.15. The smallest absolute Gasteiger partial charge is 0.384 e. The third kappa shape index (κ3) is 2.89. The minimum atomic E-state index is -2.63. The number of nitrogens with zero attached hydrogens (tertiary/aromatic N) is 5. The van der Waals surface area contributed by atoms with Gasteiger partial charge in [-0.1, -0.05) is 0 Å². The van der Waals surface area contributed by atoms with E-state index in [2.05, 4.69) is 19.2 Å². The van der Waals surface area contributed by atoms with E-state index >= 15 is 0 Å². The summed E-state index contributed by atoms with van der Waals surface area (Å²) >= 11 is 0. The summed E-state index contributed by atoms with van der Waals surface area (Å²) in [4.78, 5) is 16.0. The van der Waals surface area contributed by atoms with E-state index in [1.54, 1.807) is 0 Å². The molecule has 0 aliphatic carbocycles. The molecule has 0 saturated carbocycles. The normalized spacial score (nSPS) is 8.50. The van der Waals surface area contributed by atoms with Crippen LogP contribution >= 0.6 is 0 Å². The molecule has 0 aromatic carbocycles. The van der Waals surface area contributed by atoms with Crippen LogP contribution in [0.4, 0.5) is 4.79 Å². The highest BCUT2D eigenvalue weighted by atomic mass is 16.7. The largest absolute Gasteiger partial charge is 0.653 e. The second kappa shape index (κ2) is 5.45. The SMILES string of the molecule is [C-]#[N+]C([N+]#[C-])OC(=O)OC(C#N)(C#N)C#N. The van der Waals surface area contributed by atoms with Gasteiger partial charge >= 0.3 is 18.1 Å². The van der Waals surface area contributed by atoms with Crippen molar-refractivity contribution in [2.75, 3.05) is 0 Å². The maximum absolute atomic E-state index is 10.9. The molecular weight excluding hydrogens is 214 g/mol. The first kappa shape index (κ1) is 12.7. The summed E-state index contributed by atoms with van der Waals surface area (Å²) in [7, 11) is 0. The zero-order valence-electron chi connectivity index (χ0n) is 7.54. The van der Waals surface area contributed by atoms with Crippen molar-refractivity contribution >= 4 is 6.16 Å². The van der Waals surface area contributed by atoms with Crippen LogP contribution in [0.1, 0.15) is 0 Å². The minimum Gasteiger partial charge on any atom is -0.384 e. The second-order valence-corrected chi connectivity index (χ2v) is 2.07. The summed E-state index contributed by atoms with van der Waals surface area (Å²) in [5.41, 5.74) is -2.63. The highest BCUT2D eigenvalue weighted by Gasteiger charge is 2.38. The molecule has 0 bridgehead atoms. The maximum atomic E-state index is 10.9. The van der Waals surface area contributed by atoms with E-state index in [4.69, 9.17) is 28.9 Å². The quantitative estimate of drug-likeness (QED) is 0.491. The van der Waals surface area contributed by atoms with Gasteiger partial charge in [0.25, 0.3) is 0 Å². The summed E-state index contributed by atoms with van der Waals surface area (Å²) < 4.78 is 8.18. The van der Waals surface area contributed by atoms with Gasteiger partial charge in [0.05, 0.1) is 0 Å². The topological polar surface area (TPSA) is 116 Å². The van der Waals surface area contributed by atoms with Gasteiger partial charge < -0.3 is 4.74 Å². The molecule has 0 heterocycles. The molecule has 0 rings (SSSR count). The van der Waals surface area contributed by atoms with Crippen LogP contribution in [0.15, 0.2) is 0 Å². The van der Waals surface area contributed by atoms with Gasteiger partial charge in [-0.25, -0.2) is 17.9 Å². The fourth-order valence-corrected chi connectivity index (χ4v) is 0.460. The molecule has 0 aromatic rings. The Bertz CT molecular complexity index is 442. The summed E-state index contributed by atoms with van der Waals surface area (Å²) in [6.07, 6.45) is -3.37. The summed E-state index contributed by atoms with van der Waals surface area (Å²) in [6, 6.07) is 3.46. The number of hydrogen-bond donors (Lipinski definition) is 0. The van der Waals surface area contributed by atoms with E-state index in [0.29, 0.717) is 0 Å². The van der Waals surface area contributed by atoms with Gasteiger partial charge in [0.1, 0.15) is 18.2 Å². The average Bonchev–Trinajstić information content (AvgIpc) is 2.33. The molecule has 0 aromatic heterocycles. The molecule has 0 aliphatic rings. The Hall–Kier alpha value is -3.28. The number of rotatable bonds is 2. The van der Waals surface area contributed by atoms with Crippen LogP contribution < -0.4 is 0 Å². The van der Waals surface area contributed by atoms with Gasteiger partial charge in [0.15, 0.2) is 0 Å². The van der Waals surface area contributed by atoms with Gasteiger partial charge in [-0.05, 0) is 0 Å². The molecule has 0 N–H and O–H groups in total. The van der Waals surface area contributed by atoms with Crippen molar-refractivity contribution in [1.29, 1.82) is 15.8 Å². The van der Waals surface area contributed by atoms with Crippen LogP contribution in [0.5, 0.6) is 0 Å². The van der Waals surface area contributed by atoms with Crippen LogP contribution in [0, 0.1) is 47.1 Å². The zero-order chi connectivity index (χ0) is 12.6. The van der Waals surface area contributed by atoms with Gasteiger partial charge in [0, 0.05) is 0 Å². The average molecular weight is 215 g/mol. The molecule has 0 unspecified atom stereocenters. The Labute approximate surface area is 90.1 Å². The van der Waals surface area contributed by atoms with E-state index in [-0.39, 0.29) is 0 Å². The molecule has 0 aliphatic heterocycles. The zero-order valence-corrected chi connectivity index (χ0v) is 7.54. The Morgan fingerprint density at radius 3 is 1.94 bits per heavy atom. The highest BCUT2D eigenvalue weighted by Crippen LogP contribution is 2.10. The van der Waals surface area contributed by atoms with E-state index in [1.807, 2.05) is 0 Å². The van der Waals surface area contributed by atoms with Crippen LogP contribution in [0.25, 0.3) is 9.69 Å². The highest BCUT2D eigenvalue weighted by molar-refractivity contribution is 5.63. The lowest BCUT2D eigenvalue weighted by Crippen LogP contribution is -2.31. The standard InChI is InChI=1S/C8HN5O3/c1-12-6(13-2)15-7(14)16-8(3-9,4-10)5-11/h6H. The summed E-state index contributed by atoms with van der Waals surface area (Å²) in [5, 5.41) is 25.3. The van der Waals surface area contributed by atoms with Crippen molar-refractivity contribution < 1.29 is 14.3 Å². The summed E-state index contributed by atoms with van der Waals surface area (Å²) in [5.74, 6) is 0. The fraction of sp³-hybridized carbons (Fsp3) is 0.250. The Morgan fingerprint density at radius 2 is 1.62 bits per heavy atom. The third-order valence-corrected chi connectivity index (χ3v) is 1.13. The van der Waals surface area contributed by atoms with E-state index in [0.717, 1.165) is 18.2 Å². The molecule has 0 saturated heterocycles. The van der Waals surface area contributed by atoms with Crippen molar-refractivity contribution in [3.05, 3.63) is 22.8 Å². The predicted octanol–water partition coefficient (Wildman–Crippen LogP) is 0.571. The van der Waals surface area contributed by atoms with Crippen LogP contribution in [0.2, 0.25) is 0 Å². The number of ether oxygens (including phenoxy) is 2. The Balaban J connectivity index is 4.69. The molecule has 0 amide bonds. The van der Waals surface area contributed by atoms with Crippen molar-refractivity contribution in [1.82, 2.24) is 0 Å². The predicted molar refractivity (Wildman–Crippen MR) is 44.1 cm³/mol. The van der Waals surface area contributed by atoms with Crippen molar-refractivity contribution in [3.8, 4) is 18.2 Å². The van der Waals surface area contributed by atoms with Crippen LogP contribution in [-0.2, 0) is 9.47 Å². The number of nitriles is 3. The lowest BCUT2D eigenvalue weighted by molar-refractivity contribution is 0.0266. The van der Waals surface area contributed by atoms with Gasteiger partial charge in [0.2, 0.25) is 0 Å². The van der Waals surface area contributed by atoms with Crippen LogP contribution in [-0.4, -0.2) is 18.1 Å². The first-order valence-electron chi connectivity index (χ1n) is 3.44. The lowest BCUT2D eigenvalue weighted by atomic mass is 10.1. The molecule has 0 fully saturated rings. The van der Waals surface area contributed by atoms with Gasteiger partial charge in [-0.15, -0.1) is 0 Å². The number of carbonyl (C=O) groups is 1. The molecule has 0 radical (unpaired) electrons. The molecule has 0 atom stereocenters. The maximum Gasteiger partial charge on any atom is 0.653 e. The monoisotopic (exact) mass is 215 g/mol. The summed E-state index contributed by atoms with van der Waals surface area (Å²) in [6.45, 7) is 12.8. The van der Waals surface area contributed by atoms with E-state index in [1.165, 1.54) is 0 Å². The Kier molecular flexibility index (Phi) is 4.33. The number of carbonyl (C=O) groups excluding carboxylic acids is 1. The van der Waals surface area contributed by atoms with E-state index in [9.17, 15) is 4.79 Å². The molecular formula is C8HN5O3. The van der Waals surface area contributed by atoms with Gasteiger partial charge in [-0.3, -0.25) is 4.74 Å². The fourth-order valence-electron chi connectivity index (χ4n) is 0.460. The first-order valence-corrected chi connectivity index (χ1v) is 3.44. The molecule has 8 nitrogen and oxygen atoms in total. The van der Waals surface area contributed by atoms with Gasteiger partial charge in [-0.2, -0.15) is 25.5 Å². The van der Waals surface area contributed by atoms with Crippen LogP contribution in [0.3, 0.4) is 0 Å².